The van der Waals surface area contributed by atoms with Crippen LogP contribution in [0.15, 0.2) is 97.2 Å². The lowest BCUT2D eigenvalue weighted by atomic mass is 9.89. The molecule has 2 heterocycles. The maximum absolute atomic E-state index is 13.8. The number of nitrogens with one attached hydrogen (secondary N) is 1. The summed E-state index contributed by atoms with van der Waals surface area (Å²) in [6.07, 6.45) is 1.22. The Bertz CT molecular complexity index is 1330. The van der Waals surface area contributed by atoms with Crippen molar-refractivity contribution in [2.24, 2.45) is 0 Å². The van der Waals surface area contributed by atoms with Crippen molar-refractivity contribution in [3.63, 3.8) is 0 Å². The van der Waals surface area contributed by atoms with Gasteiger partial charge in [-0.25, -0.2) is 14.8 Å². The lowest BCUT2D eigenvalue weighted by Gasteiger charge is -2.56. The quantitative estimate of drug-likeness (QED) is 0.392. The van der Waals surface area contributed by atoms with E-state index < -0.39 is 6.17 Å². The van der Waals surface area contributed by atoms with Gasteiger partial charge in [-0.05, 0) is 35.2 Å². The number of carbonyl (C=O) groups excluding carboxylic acids is 2. The molecule has 5 rings (SSSR count). The van der Waals surface area contributed by atoms with Crippen LogP contribution in [-0.2, 0) is 11.3 Å². The summed E-state index contributed by atoms with van der Waals surface area (Å²) in [6.45, 7) is 8.32. The first kappa shape index (κ1) is 29.2. The van der Waals surface area contributed by atoms with Crippen LogP contribution in [-0.4, -0.2) is 77.8 Å². The molecule has 0 radical (unpaired) electrons. The molecule has 3 amide bonds. The van der Waals surface area contributed by atoms with E-state index in [1.54, 1.807) is 17.1 Å². The first-order chi connectivity index (χ1) is 20.4. The zero-order valence-electron chi connectivity index (χ0n) is 24.8. The number of likely N-dealkylation sites (N-methyl/N-ethyl adjacent to an activating group) is 1. The third kappa shape index (κ3) is 6.14. The molecule has 0 aliphatic carbocycles. The molecule has 1 N–H and O–H groups in total. The Morgan fingerprint density at radius 2 is 1.62 bits per heavy atom. The van der Waals surface area contributed by atoms with Crippen molar-refractivity contribution in [2.45, 2.75) is 44.4 Å². The fourth-order valence-electron chi connectivity index (χ4n) is 6.16. The Kier molecular flexibility index (Phi) is 9.12. The summed E-state index contributed by atoms with van der Waals surface area (Å²) in [4.78, 5) is 31.4. The minimum absolute atomic E-state index is 0.0172. The van der Waals surface area contributed by atoms with E-state index in [0.717, 1.165) is 29.9 Å². The number of piperazine rings is 1. The van der Waals surface area contributed by atoms with Gasteiger partial charge in [0.25, 0.3) is 0 Å². The summed E-state index contributed by atoms with van der Waals surface area (Å²) in [6, 6.07) is 28.2. The molecule has 0 aromatic heterocycles. The van der Waals surface area contributed by atoms with Crippen LogP contribution in [0.3, 0.4) is 0 Å². The van der Waals surface area contributed by atoms with Crippen LogP contribution in [0.25, 0.3) is 0 Å². The van der Waals surface area contributed by atoms with Gasteiger partial charge >= 0.3 is 6.03 Å². The molecular weight excluding hydrogens is 526 g/mol. The highest BCUT2D eigenvalue weighted by Crippen LogP contribution is 2.35. The molecule has 220 valence electrons. The number of rotatable bonds is 9. The van der Waals surface area contributed by atoms with Gasteiger partial charge in [-0.3, -0.25) is 4.79 Å². The molecule has 0 bridgehead atoms. The van der Waals surface area contributed by atoms with Gasteiger partial charge in [0.05, 0.1) is 26.2 Å². The number of amides is 3. The predicted molar refractivity (Wildman–Crippen MR) is 164 cm³/mol. The number of hydrazine groups is 1. The lowest BCUT2D eigenvalue weighted by molar-refractivity contribution is -0.175. The number of fused-ring (bicyclic) bond motifs is 1. The third-order valence-corrected chi connectivity index (χ3v) is 8.31. The number of ether oxygens (including phenoxy) is 1. The number of hydrogen-bond acceptors (Lipinski definition) is 5. The van der Waals surface area contributed by atoms with Crippen molar-refractivity contribution in [2.75, 3.05) is 33.8 Å². The van der Waals surface area contributed by atoms with Gasteiger partial charge in [-0.2, -0.15) is 0 Å². The fraction of sp³-hybridized carbons (Fsp3) is 0.353. The van der Waals surface area contributed by atoms with Gasteiger partial charge in [-0.1, -0.05) is 92.7 Å². The minimum atomic E-state index is -0.457. The Labute approximate surface area is 249 Å². The van der Waals surface area contributed by atoms with Gasteiger partial charge in [0.1, 0.15) is 11.9 Å². The maximum atomic E-state index is 13.8. The first-order valence-corrected chi connectivity index (χ1v) is 14.7. The van der Waals surface area contributed by atoms with E-state index in [1.165, 1.54) is 11.1 Å². The van der Waals surface area contributed by atoms with Crippen molar-refractivity contribution >= 4 is 11.9 Å². The van der Waals surface area contributed by atoms with Crippen molar-refractivity contribution in [1.82, 2.24) is 25.1 Å². The molecule has 42 heavy (non-hydrogen) atoms. The Morgan fingerprint density at radius 3 is 2.19 bits per heavy atom. The predicted octanol–water partition coefficient (Wildman–Crippen LogP) is 5.05. The topological polar surface area (TPSA) is 68.4 Å². The Hall–Kier alpha value is -4.30. The summed E-state index contributed by atoms with van der Waals surface area (Å²) in [7, 11) is 3.44. The van der Waals surface area contributed by atoms with E-state index in [1.807, 2.05) is 48.3 Å². The maximum Gasteiger partial charge on any atom is 0.334 e. The van der Waals surface area contributed by atoms with E-state index in [-0.39, 0.29) is 30.4 Å². The highest BCUT2D eigenvalue weighted by Gasteiger charge is 2.48. The molecule has 2 aliphatic rings. The molecule has 0 spiro atoms. The summed E-state index contributed by atoms with van der Waals surface area (Å²) in [5.74, 6) is 0.889. The molecular formula is C34H41N5O3. The van der Waals surface area contributed by atoms with Crippen LogP contribution in [0.4, 0.5) is 4.79 Å². The first-order valence-electron chi connectivity index (χ1n) is 14.7. The monoisotopic (exact) mass is 567 g/mol. The molecule has 8 heteroatoms. The van der Waals surface area contributed by atoms with Gasteiger partial charge in [-0.15, -0.1) is 0 Å². The van der Waals surface area contributed by atoms with Crippen LogP contribution >= 0.6 is 0 Å². The number of carbonyl (C=O) groups is 2. The van der Waals surface area contributed by atoms with Crippen molar-refractivity contribution < 1.29 is 14.3 Å². The van der Waals surface area contributed by atoms with Gasteiger partial charge in [0.15, 0.2) is 0 Å². The average Bonchev–Trinajstić information content (AvgIpc) is 3.01. The van der Waals surface area contributed by atoms with E-state index in [2.05, 4.69) is 72.3 Å². The summed E-state index contributed by atoms with van der Waals surface area (Å²) >= 11 is 0. The van der Waals surface area contributed by atoms with Crippen molar-refractivity contribution in [1.29, 1.82) is 0 Å². The van der Waals surface area contributed by atoms with Gasteiger partial charge in [0.2, 0.25) is 5.91 Å². The molecule has 2 fully saturated rings. The molecule has 2 aliphatic heterocycles. The van der Waals surface area contributed by atoms with Crippen molar-refractivity contribution in [3.8, 4) is 5.75 Å². The Morgan fingerprint density at radius 1 is 1.00 bits per heavy atom. The van der Waals surface area contributed by atoms with Gasteiger partial charge < -0.3 is 19.9 Å². The zero-order valence-corrected chi connectivity index (χ0v) is 24.8. The fourth-order valence-corrected chi connectivity index (χ4v) is 6.16. The molecule has 3 aromatic rings. The van der Waals surface area contributed by atoms with E-state index in [0.29, 0.717) is 19.6 Å². The minimum Gasteiger partial charge on any atom is -0.497 e. The van der Waals surface area contributed by atoms with E-state index >= 15 is 0 Å². The SMILES string of the molecule is C=C1[C@H](CCC)N2C(=O)CN(C)N(C(=O)NCc3ccc(OC)cc3)[C@H]2CN1CC(c1ccccc1)c1ccccc1. The highest BCUT2D eigenvalue weighted by molar-refractivity contribution is 5.83. The molecule has 8 nitrogen and oxygen atoms in total. The summed E-state index contributed by atoms with van der Waals surface area (Å²) < 4.78 is 5.25. The molecule has 0 unspecified atom stereocenters. The van der Waals surface area contributed by atoms with E-state index in [9.17, 15) is 9.59 Å². The largest absolute Gasteiger partial charge is 0.497 e. The van der Waals surface area contributed by atoms with Crippen LogP contribution in [0.2, 0.25) is 0 Å². The normalized spacial score (nSPS) is 19.2. The second-order valence-corrected chi connectivity index (χ2v) is 11.0. The standard InChI is InChI=1S/C34H41N5O3/c1-5-12-31-25(2)37(22-30(27-13-8-6-9-14-27)28-15-10-7-11-16-28)23-32-38(31)33(40)24-36(3)39(32)34(41)35-21-26-17-19-29(42-4)20-18-26/h6-11,13-20,30-32H,2,5,12,21-24H2,1,3-4H3,(H,35,41)/t31-,32-/m0/s1. The number of methoxy groups -OCH3 is 1. The molecule has 0 saturated carbocycles. The van der Waals surface area contributed by atoms with Crippen molar-refractivity contribution in [3.05, 3.63) is 114 Å². The van der Waals surface area contributed by atoms with E-state index in [4.69, 9.17) is 4.74 Å². The second kappa shape index (κ2) is 13.1. The summed E-state index contributed by atoms with van der Waals surface area (Å²) in [5, 5.41) is 6.53. The highest BCUT2D eigenvalue weighted by atomic mass is 16.5. The smallest absolute Gasteiger partial charge is 0.334 e. The zero-order chi connectivity index (χ0) is 29.6. The molecule has 3 aromatic carbocycles. The van der Waals surface area contributed by atoms with Gasteiger partial charge in [0, 0.05) is 31.8 Å². The molecule has 2 atom stereocenters. The molecule has 2 saturated heterocycles. The number of hydrogen-bond donors (Lipinski definition) is 1. The number of nitrogens with zero attached hydrogens (tertiary/aromatic N) is 4. The van der Waals surface area contributed by atoms with Crippen LogP contribution in [0.5, 0.6) is 5.75 Å². The van der Waals surface area contributed by atoms with Crippen LogP contribution in [0.1, 0.15) is 42.4 Å². The average molecular weight is 568 g/mol. The number of benzene rings is 3. The summed E-state index contributed by atoms with van der Waals surface area (Å²) in [5.41, 5.74) is 4.34. The van der Waals surface area contributed by atoms with Crippen LogP contribution < -0.4 is 10.1 Å². The second-order valence-electron chi connectivity index (χ2n) is 11.0. The number of urea groups is 1. The van der Waals surface area contributed by atoms with Crippen LogP contribution in [0, 0.1) is 0 Å². The Balaban J connectivity index is 1.43. The lowest BCUT2D eigenvalue weighted by Crippen LogP contribution is -2.74. The third-order valence-electron chi connectivity index (χ3n) is 8.31.